The third-order valence-electron chi connectivity index (χ3n) is 3.04. The fraction of sp³-hybridized carbons (Fsp3) is 0.0714. The van der Waals surface area contributed by atoms with E-state index in [0.717, 1.165) is 27.0 Å². The number of nitrogens with zero attached hydrogens (tertiary/aromatic N) is 2. The molecule has 0 fully saturated rings. The van der Waals surface area contributed by atoms with Crippen LogP contribution in [0.4, 0.5) is 5.69 Å². The molecule has 0 atom stereocenters. The van der Waals surface area contributed by atoms with Gasteiger partial charge in [0.15, 0.2) is 0 Å². The maximum absolute atomic E-state index is 11.4. The highest BCUT2D eigenvalue weighted by atomic mass is 32.1. The van der Waals surface area contributed by atoms with E-state index in [9.17, 15) is 4.79 Å². The average Bonchev–Trinajstić information content (AvgIpc) is 2.76. The van der Waals surface area contributed by atoms with E-state index in [2.05, 4.69) is 9.97 Å². The highest BCUT2D eigenvalue weighted by molar-refractivity contribution is 7.21. The van der Waals surface area contributed by atoms with E-state index >= 15 is 0 Å². The number of primary amides is 1. The van der Waals surface area contributed by atoms with Gasteiger partial charge in [0.05, 0.1) is 5.69 Å². The number of nitrogen functional groups attached to an aromatic ring is 1. The van der Waals surface area contributed by atoms with Crippen molar-refractivity contribution in [1.82, 2.24) is 9.97 Å². The molecule has 0 saturated carbocycles. The number of rotatable bonds is 2. The molecule has 0 unspecified atom stereocenters. The molecule has 5 nitrogen and oxygen atoms in total. The minimum absolute atomic E-state index is 0.355. The molecule has 0 bridgehead atoms. The molecule has 20 heavy (non-hydrogen) atoms. The van der Waals surface area contributed by atoms with E-state index in [1.54, 1.807) is 12.4 Å². The van der Waals surface area contributed by atoms with Crippen molar-refractivity contribution in [2.75, 3.05) is 5.73 Å². The Morgan fingerprint density at radius 1 is 1.30 bits per heavy atom. The number of aryl methyl sites for hydroxylation is 1. The van der Waals surface area contributed by atoms with Crippen molar-refractivity contribution in [3.05, 3.63) is 41.2 Å². The van der Waals surface area contributed by atoms with Gasteiger partial charge in [0.25, 0.3) is 5.91 Å². The fourth-order valence-electron chi connectivity index (χ4n) is 2.19. The number of pyridine rings is 2. The summed E-state index contributed by atoms with van der Waals surface area (Å²) in [4.78, 5) is 21.0. The SMILES string of the molecule is Cc1cc(-c2ccncc2)c2c(N)c(C(N)=O)sc2n1. The van der Waals surface area contributed by atoms with E-state index in [1.165, 1.54) is 11.3 Å². The van der Waals surface area contributed by atoms with Gasteiger partial charge in [-0.15, -0.1) is 11.3 Å². The number of anilines is 1. The van der Waals surface area contributed by atoms with Crippen LogP contribution >= 0.6 is 11.3 Å². The Kier molecular flexibility index (Phi) is 2.87. The average molecular weight is 284 g/mol. The smallest absolute Gasteiger partial charge is 0.260 e. The third-order valence-corrected chi connectivity index (χ3v) is 4.16. The Labute approximate surface area is 119 Å². The molecule has 0 aliphatic heterocycles. The van der Waals surface area contributed by atoms with Gasteiger partial charge in [-0.2, -0.15) is 0 Å². The highest BCUT2D eigenvalue weighted by Gasteiger charge is 2.18. The maximum Gasteiger partial charge on any atom is 0.260 e. The third kappa shape index (κ3) is 1.90. The molecule has 4 N–H and O–H groups in total. The van der Waals surface area contributed by atoms with Gasteiger partial charge in [-0.05, 0) is 36.2 Å². The summed E-state index contributed by atoms with van der Waals surface area (Å²) >= 11 is 1.23. The van der Waals surface area contributed by atoms with E-state index in [1.807, 2.05) is 25.1 Å². The Bertz CT molecular complexity index is 811. The van der Waals surface area contributed by atoms with Crippen LogP contribution in [0.3, 0.4) is 0 Å². The van der Waals surface area contributed by atoms with E-state index in [0.29, 0.717) is 10.6 Å². The molecule has 100 valence electrons. The minimum Gasteiger partial charge on any atom is -0.397 e. The van der Waals surface area contributed by atoms with Gasteiger partial charge in [0.2, 0.25) is 0 Å². The first kappa shape index (κ1) is 12.6. The number of aromatic nitrogens is 2. The zero-order valence-corrected chi connectivity index (χ0v) is 11.6. The van der Waals surface area contributed by atoms with Crippen LogP contribution in [0, 0.1) is 6.92 Å². The normalized spacial score (nSPS) is 10.8. The molecule has 0 spiro atoms. The number of hydrogen-bond donors (Lipinski definition) is 2. The van der Waals surface area contributed by atoms with Crippen LogP contribution in [-0.4, -0.2) is 15.9 Å². The number of carbonyl (C=O) groups excluding carboxylic acids is 1. The van der Waals surface area contributed by atoms with Gasteiger partial charge in [-0.25, -0.2) is 4.98 Å². The lowest BCUT2D eigenvalue weighted by atomic mass is 10.0. The number of thiophene rings is 1. The standard InChI is InChI=1S/C14H12N4OS/c1-7-6-9(8-2-4-17-5-3-8)10-11(15)12(13(16)19)20-14(10)18-7/h2-6H,15H2,1H3,(H2,16,19). The summed E-state index contributed by atoms with van der Waals surface area (Å²) < 4.78 is 0. The highest BCUT2D eigenvalue weighted by Crippen LogP contribution is 2.39. The van der Waals surface area contributed by atoms with Crippen LogP contribution in [0.5, 0.6) is 0 Å². The molecule has 3 aromatic rings. The Hall–Kier alpha value is -2.47. The summed E-state index contributed by atoms with van der Waals surface area (Å²) in [5.74, 6) is -0.524. The van der Waals surface area contributed by atoms with Crippen LogP contribution < -0.4 is 11.5 Å². The predicted molar refractivity (Wildman–Crippen MR) is 80.5 cm³/mol. The molecule has 1 amide bonds. The summed E-state index contributed by atoms with van der Waals surface area (Å²) in [6.07, 6.45) is 3.43. The number of nitrogens with two attached hydrogens (primary N) is 2. The summed E-state index contributed by atoms with van der Waals surface area (Å²) in [5, 5.41) is 0.778. The molecular formula is C14H12N4OS. The van der Waals surface area contributed by atoms with Crippen LogP contribution in [-0.2, 0) is 0 Å². The Balaban J connectivity index is 2.40. The molecule has 0 aliphatic rings. The largest absolute Gasteiger partial charge is 0.397 e. The van der Waals surface area contributed by atoms with Gasteiger partial charge in [-0.1, -0.05) is 0 Å². The topological polar surface area (TPSA) is 94.9 Å². The molecule has 3 heterocycles. The predicted octanol–water partition coefficient (Wildman–Crippen LogP) is 2.35. The van der Waals surface area contributed by atoms with Crippen LogP contribution in [0.1, 0.15) is 15.4 Å². The molecule has 6 heteroatoms. The minimum atomic E-state index is -0.524. The van der Waals surface area contributed by atoms with Crippen LogP contribution in [0.2, 0.25) is 0 Å². The van der Waals surface area contributed by atoms with Crippen molar-refractivity contribution >= 4 is 33.1 Å². The first-order chi connectivity index (χ1) is 9.58. The quantitative estimate of drug-likeness (QED) is 0.755. The van der Waals surface area contributed by atoms with Gasteiger partial charge >= 0.3 is 0 Å². The van der Waals surface area contributed by atoms with Crippen molar-refractivity contribution < 1.29 is 4.79 Å². The first-order valence-electron chi connectivity index (χ1n) is 5.97. The summed E-state index contributed by atoms with van der Waals surface area (Å²) in [6.45, 7) is 1.91. The zero-order valence-electron chi connectivity index (χ0n) is 10.8. The monoisotopic (exact) mass is 284 g/mol. The molecular weight excluding hydrogens is 272 g/mol. The Morgan fingerprint density at radius 2 is 2.00 bits per heavy atom. The second-order valence-corrected chi connectivity index (χ2v) is 5.44. The lowest BCUT2D eigenvalue weighted by Gasteiger charge is -2.06. The van der Waals surface area contributed by atoms with E-state index in [4.69, 9.17) is 11.5 Å². The fourth-order valence-corrected chi connectivity index (χ4v) is 3.20. The molecule has 0 aliphatic carbocycles. The Morgan fingerprint density at radius 3 is 2.65 bits per heavy atom. The molecule has 0 aromatic carbocycles. The molecule has 3 aromatic heterocycles. The zero-order chi connectivity index (χ0) is 14.3. The van der Waals surface area contributed by atoms with Crippen molar-refractivity contribution in [2.45, 2.75) is 6.92 Å². The second kappa shape index (κ2) is 4.57. The molecule has 0 radical (unpaired) electrons. The number of hydrogen-bond acceptors (Lipinski definition) is 5. The van der Waals surface area contributed by atoms with Gasteiger partial charge in [0, 0.05) is 23.5 Å². The lowest BCUT2D eigenvalue weighted by molar-refractivity contribution is 0.100. The van der Waals surface area contributed by atoms with Gasteiger partial charge in [-0.3, -0.25) is 9.78 Å². The molecule has 3 rings (SSSR count). The van der Waals surface area contributed by atoms with Crippen LogP contribution in [0.15, 0.2) is 30.6 Å². The summed E-state index contributed by atoms with van der Waals surface area (Å²) in [5.41, 5.74) is 14.6. The number of carbonyl (C=O) groups is 1. The first-order valence-corrected chi connectivity index (χ1v) is 6.79. The maximum atomic E-state index is 11.4. The summed E-state index contributed by atoms with van der Waals surface area (Å²) in [7, 11) is 0. The van der Waals surface area contributed by atoms with E-state index < -0.39 is 5.91 Å². The number of amides is 1. The lowest BCUT2D eigenvalue weighted by Crippen LogP contribution is -2.10. The van der Waals surface area contributed by atoms with Crippen molar-refractivity contribution in [3.63, 3.8) is 0 Å². The van der Waals surface area contributed by atoms with Crippen molar-refractivity contribution in [3.8, 4) is 11.1 Å². The van der Waals surface area contributed by atoms with Crippen molar-refractivity contribution in [1.29, 1.82) is 0 Å². The van der Waals surface area contributed by atoms with Crippen LogP contribution in [0.25, 0.3) is 21.3 Å². The van der Waals surface area contributed by atoms with Crippen molar-refractivity contribution in [2.24, 2.45) is 5.73 Å². The van der Waals surface area contributed by atoms with Gasteiger partial charge in [0.1, 0.15) is 9.71 Å². The summed E-state index contributed by atoms with van der Waals surface area (Å²) in [6, 6.07) is 5.75. The molecule has 0 saturated heterocycles. The van der Waals surface area contributed by atoms with Gasteiger partial charge < -0.3 is 11.5 Å². The number of fused-ring (bicyclic) bond motifs is 1. The second-order valence-electron chi connectivity index (χ2n) is 4.44. The van der Waals surface area contributed by atoms with E-state index in [-0.39, 0.29) is 0 Å².